The molecule has 31 heavy (non-hydrogen) atoms. The molecule has 7 nitrogen and oxygen atoms in total. The molecular formula is C24H32N6O. The van der Waals surface area contributed by atoms with Gasteiger partial charge in [-0.25, -0.2) is 4.98 Å². The summed E-state index contributed by atoms with van der Waals surface area (Å²) in [6.45, 7) is 7.77. The molecule has 164 valence electrons. The van der Waals surface area contributed by atoms with Gasteiger partial charge in [-0.05, 0) is 38.6 Å². The highest BCUT2D eigenvalue weighted by atomic mass is 16.1. The van der Waals surface area contributed by atoms with Crippen LogP contribution in [0.25, 0.3) is 5.65 Å². The molecule has 2 unspecified atom stereocenters. The highest BCUT2D eigenvalue weighted by Crippen LogP contribution is 2.33. The molecule has 0 aliphatic carbocycles. The van der Waals surface area contributed by atoms with Crippen molar-refractivity contribution < 1.29 is 4.79 Å². The van der Waals surface area contributed by atoms with Crippen molar-refractivity contribution >= 4 is 23.0 Å². The van der Waals surface area contributed by atoms with Crippen LogP contribution in [0.5, 0.6) is 0 Å². The molecular weight excluding hydrogens is 388 g/mol. The summed E-state index contributed by atoms with van der Waals surface area (Å²) in [5.74, 6) is 1.33. The zero-order valence-electron chi connectivity index (χ0n) is 18.6. The molecule has 2 N–H and O–H groups in total. The summed E-state index contributed by atoms with van der Waals surface area (Å²) in [5.41, 5.74) is 3.18. The van der Waals surface area contributed by atoms with E-state index in [0.29, 0.717) is 18.6 Å². The number of anilines is 1. The number of nitrogens with one attached hydrogen (secondary N) is 2. The molecule has 2 atom stereocenters. The molecule has 0 saturated carbocycles. The summed E-state index contributed by atoms with van der Waals surface area (Å²) in [5, 5.41) is 12.1. The van der Waals surface area contributed by atoms with Gasteiger partial charge >= 0.3 is 0 Å². The van der Waals surface area contributed by atoms with Crippen LogP contribution in [0.2, 0.25) is 0 Å². The van der Waals surface area contributed by atoms with Crippen molar-refractivity contribution in [3.63, 3.8) is 0 Å². The van der Waals surface area contributed by atoms with E-state index in [2.05, 4.69) is 31.8 Å². The first-order chi connectivity index (χ1) is 15.0. The Labute approximate surface area is 183 Å². The van der Waals surface area contributed by atoms with E-state index in [9.17, 15) is 4.79 Å². The van der Waals surface area contributed by atoms with Gasteiger partial charge in [-0.15, -0.1) is 0 Å². The molecule has 0 bridgehead atoms. The van der Waals surface area contributed by atoms with E-state index >= 15 is 0 Å². The number of piperazine rings is 1. The Kier molecular flexibility index (Phi) is 6.34. The molecule has 2 aliphatic heterocycles. The number of hydrogen-bond donors (Lipinski definition) is 2. The van der Waals surface area contributed by atoms with Gasteiger partial charge in [-0.2, -0.15) is 0 Å². The predicted molar refractivity (Wildman–Crippen MR) is 125 cm³/mol. The van der Waals surface area contributed by atoms with Crippen LogP contribution >= 0.6 is 0 Å². The van der Waals surface area contributed by atoms with Gasteiger partial charge in [0, 0.05) is 45.2 Å². The van der Waals surface area contributed by atoms with Crippen molar-refractivity contribution in [2.75, 3.05) is 38.1 Å². The van der Waals surface area contributed by atoms with Crippen molar-refractivity contribution in [2.24, 2.45) is 0 Å². The third-order valence-corrected chi connectivity index (χ3v) is 6.39. The Morgan fingerprint density at radius 1 is 1.26 bits per heavy atom. The second-order valence-electron chi connectivity index (χ2n) is 8.45. The molecule has 0 radical (unpaired) electrons. The molecule has 0 amide bonds. The number of likely N-dealkylation sites (tertiary alicyclic amines) is 1. The van der Waals surface area contributed by atoms with Crippen LogP contribution in [0.4, 0.5) is 5.82 Å². The number of carbonyl (C=O) groups excluding carboxylic acids is 1. The lowest BCUT2D eigenvalue weighted by atomic mass is 9.88. The van der Waals surface area contributed by atoms with Crippen LogP contribution in [0.3, 0.4) is 0 Å². The summed E-state index contributed by atoms with van der Waals surface area (Å²) < 4.78 is 2.14. The summed E-state index contributed by atoms with van der Waals surface area (Å²) >= 11 is 0. The van der Waals surface area contributed by atoms with Crippen LogP contribution in [-0.4, -0.2) is 65.0 Å². The second kappa shape index (κ2) is 9.16. The maximum atomic E-state index is 12.7. The molecule has 0 aromatic carbocycles. The van der Waals surface area contributed by atoms with E-state index in [0.717, 1.165) is 48.9 Å². The normalized spacial score (nSPS) is 23.8. The van der Waals surface area contributed by atoms with E-state index in [1.54, 1.807) is 0 Å². The Bertz CT molecular complexity index is 1030. The standard InChI is InChI=1S/C24H32N6O/c1-4-5-7-17(2)24(25)21-15-18(31)14-20(28(21)3)19-16-30-22(27-19)8-6-9-23(30)29-12-10-26-11-13-29/h4-9,16,20-21,25-26H,10-15H2,1-3H3/b5-4+,17-7-,25-24?. The van der Waals surface area contributed by atoms with Gasteiger partial charge in [-0.1, -0.05) is 24.3 Å². The first-order valence-electron chi connectivity index (χ1n) is 11.0. The first kappa shape index (κ1) is 21.5. The molecule has 2 fully saturated rings. The number of allylic oxidation sites excluding steroid dienone is 3. The molecule has 0 spiro atoms. The van der Waals surface area contributed by atoms with Crippen LogP contribution < -0.4 is 10.2 Å². The number of rotatable bonds is 5. The van der Waals surface area contributed by atoms with Gasteiger partial charge in [0.05, 0.1) is 23.5 Å². The van der Waals surface area contributed by atoms with Gasteiger partial charge < -0.3 is 15.6 Å². The Balaban J connectivity index is 1.65. The minimum absolute atomic E-state index is 0.128. The Hall–Kier alpha value is -2.77. The topological polar surface area (TPSA) is 76.7 Å². The van der Waals surface area contributed by atoms with Gasteiger partial charge in [0.15, 0.2) is 0 Å². The van der Waals surface area contributed by atoms with Gasteiger partial charge in [0.2, 0.25) is 0 Å². The zero-order valence-corrected chi connectivity index (χ0v) is 18.6. The zero-order chi connectivity index (χ0) is 22.0. The number of piperidine rings is 1. The minimum Gasteiger partial charge on any atom is -0.355 e. The van der Waals surface area contributed by atoms with Gasteiger partial charge in [0.25, 0.3) is 0 Å². The molecule has 4 heterocycles. The molecule has 2 aromatic heterocycles. The molecule has 2 aliphatic rings. The highest BCUT2D eigenvalue weighted by Gasteiger charge is 2.37. The number of Topliss-reactive ketones (excluding diaryl/α,β-unsaturated/α-hetero) is 1. The Morgan fingerprint density at radius 3 is 2.77 bits per heavy atom. The van der Waals surface area contributed by atoms with Crippen molar-refractivity contribution in [3.8, 4) is 0 Å². The van der Waals surface area contributed by atoms with Gasteiger partial charge in [0.1, 0.15) is 17.2 Å². The van der Waals surface area contributed by atoms with Crippen LogP contribution in [-0.2, 0) is 4.79 Å². The Morgan fingerprint density at radius 2 is 2.03 bits per heavy atom. The fourth-order valence-electron chi connectivity index (χ4n) is 4.56. The average molecular weight is 421 g/mol. The van der Waals surface area contributed by atoms with Crippen LogP contribution in [0.1, 0.15) is 38.4 Å². The fraction of sp³-hybridized carbons (Fsp3) is 0.458. The second-order valence-corrected chi connectivity index (χ2v) is 8.45. The SMILES string of the molecule is C/C=C/C=C(/C)C(=N)C1CC(=O)CC(c2cn3c(N4CCNCC4)cccc3n2)N1C. The quantitative estimate of drug-likeness (QED) is 0.574. The number of nitrogens with zero attached hydrogens (tertiary/aromatic N) is 4. The van der Waals surface area contributed by atoms with E-state index in [1.165, 1.54) is 0 Å². The summed E-state index contributed by atoms with van der Waals surface area (Å²) in [6, 6.07) is 5.84. The third kappa shape index (κ3) is 4.34. The van der Waals surface area contributed by atoms with Crippen molar-refractivity contribution in [1.29, 1.82) is 5.41 Å². The summed E-state index contributed by atoms with van der Waals surface area (Å²) in [7, 11) is 2.01. The lowest BCUT2D eigenvalue weighted by Gasteiger charge is -2.38. The van der Waals surface area contributed by atoms with E-state index in [1.807, 2.05) is 51.3 Å². The molecule has 4 rings (SSSR count). The monoisotopic (exact) mass is 420 g/mol. The average Bonchev–Trinajstić information content (AvgIpc) is 3.23. The van der Waals surface area contributed by atoms with E-state index < -0.39 is 0 Å². The molecule has 2 aromatic rings. The maximum Gasteiger partial charge on any atom is 0.138 e. The largest absolute Gasteiger partial charge is 0.355 e. The summed E-state index contributed by atoms with van der Waals surface area (Å²) in [6.07, 6.45) is 8.72. The fourth-order valence-corrected chi connectivity index (χ4v) is 4.56. The van der Waals surface area contributed by atoms with Crippen molar-refractivity contribution in [3.05, 3.63) is 53.9 Å². The van der Waals surface area contributed by atoms with Gasteiger partial charge in [-0.3, -0.25) is 14.1 Å². The highest BCUT2D eigenvalue weighted by molar-refractivity contribution is 6.04. The molecule has 2 saturated heterocycles. The number of hydrogen-bond acceptors (Lipinski definition) is 6. The van der Waals surface area contributed by atoms with E-state index in [4.69, 9.17) is 10.4 Å². The number of aromatic nitrogens is 2. The lowest BCUT2D eigenvalue weighted by molar-refractivity contribution is -0.123. The lowest BCUT2D eigenvalue weighted by Crippen LogP contribution is -2.47. The first-order valence-corrected chi connectivity index (χ1v) is 11.0. The van der Waals surface area contributed by atoms with Crippen LogP contribution in [0.15, 0.2) is 48.2 Å². The summed E-state index contributed by atoms with van der Waals surface area (Å²) in [4.78, 5) is 22.1. The minimum atomic E-state index is -0.231. The number of fused-ring (bicyclic) bond motifs is 1. The van der Waals surface area contributed by atoms with Crippen molar-refractivity contribution in [1.82, 2.24) is 19.6 Å². The maximum absolute atomic E-state index is 12.7. The number of ketones is 1. The smallest absolute Gasteiger partial charge is 0.138 e. The van der Waals surface area contributed by atoms with Crippen LogP contribution in [0, 0.1) is 5.41 Å². The number of carbonyl (C=O) groups is 1. The molecule has 7 heteroatoms. The third-order valence-electron chi connectivity index (χ3n) is 6.39. The van der Waals surface area contributed by atoms with Crippen molar-refractivity contribution in [2.45, 2.75) is 38.8 Å². The van der Waals surface area contributed by atoms with E-state index in [-0.39, 0.29) is 17.9 Å². The number of imidazole rings is 1. The number of pyridine rings is 1. The predicted octanol–water partition coefficient (Wildman–Crippen LogP) is 2.99.